The summed E-state index contributed by atoms with van der Waals surface area (Å²) >= 11 is 1.17. The van der Waals surface area contributed by atoms with E-state index >= 15 is 0 Å². The Hall–Kier alpha value is -2.19. The van der Waals surface area contributed by atoms with Crippen LogP contribution in [0.1, 0.15) is 16.0 Å². The maximum absolute atomic E-state index is 11.8. The zero-order valence-corrected chi connectivity index (χ0v) is 10.6. The summed E-state index contributed by atoms with van der Waals surface area (Å²) in [6, 6.07) is 9.78. The van der Waals surface area contributed by atoms with Gasteiger partial charge in [0.15, 0.2) is 5.13 Å². The predicted molar refractivity (Wildman–Crippen MR) is 70.3 cm³/mol. The molecule has 0 aliphatic carbocycles. The summed E-state index contributed by atoms with van der Waals surface area (Å²) in [4.78, 5) is 16.2. The molecule has 18 heavy (non-hydrogen) atoms. The highest BCUT2D eigenvalue weighted by molar-refractivity contribution is 7.16. The lowest BCUT2D eigenvalue weighted by Crippen LogP contribution is -2.14. The van der Waals surface area contributed by atoms with Crippen molar-refractivity contribution >= 4 is 22.4 Å². The van der Waals surface area contributed by atoms with Crippen LogP contribution in [0.3, 0.4) is 0 Å². The highest BCUT2D eigenvalue weighted by Gasteiger charge is 2.07. The number of benzene rings is 1. The van der Waals surface area contributed by atoms with Gasteiger partial charge >= 0.3 is 0 Å². The first-order valence-corrected chi connectivity index (χ1v) is 6.20. The average molecular weight is 257 g/mol. The Morgan fingerprint density at radius 3 is 3.06 bits per heavy atom. The van der Waals surface area contributed by atoms with Crippen LogP contribution < -0.4 is 5.32 Å². The number of hydrogen-bond acceptors (Lipinski definition) is 4. The van der Waals surface area contributed by atoms with Gasteiger partial charge in [-0.3, -0.25) is 4.79 Å². The minimum atomic E-state index is -0.126. The third kappa shape index (κ3) is 3.15. The van der Waals surface area contributed by atoms with Crippen LogP contribution in [0, 0.1) is 18.3 Å². The third-order valence-electron chi connectivity index (χ3n) is 2.31. The predicted octanol–water partition coefficient (Wildman–Crippen LogP) is 2.50. The normalized spacial score (nSPS) is 9.78. The molecule has 90 valence electrons. The number of carbonyl (C=O) groups is 1. The standard InChI is InChI=1S/C13H11N3OS/c1-9-3-2-4-10(5-9)6-12(17)16-13-15-8-11(7-14)18-13/h2-5,8H,6H2,1H3,(H,15,16,17). The van der Waals surface area contributed by atoms with E-state index in [1.807, 2.05) is 37.3 Å². The molecule has 0 atom stereocenters. The van der Waals surface area contributed by atoms with Crippen LogP contribution in [-0.2, 0) is 11.2 Å². The van der Waals surface area contributed by atoms with Gasteiger partial charge in [0.25, 0.3) is 0 Å². The fourth-order valence-corrected chi connectivity index (χ4v) is 2.18. The molecule has 0 bridgehead atoms. The minimum absolute atomic E-state index is 0.126. The van der Waals surface area contributed by atoms with E-state index in [9.17, 15) is 4.79 Å². The molecular formula is C13H11N3OS. The Morgan fingerprint density at radius 2 is 2.39 bits per heavy atom. The number of nitriles is 1. The molecule has 2 rings (SSSR count). The quantitative estimate of drug-likeness (QED) is 0.918. The van der Waals surface area contributed by atoms with Crippen molar-refractivity contribution in [2.24, 2.45) is 0 Å². The van der Waals surface area contributed by atoms with Gasteiger partial charge in [-0.1, -0.05) is 41.2 Å². The van der Waals surface area contributed by atoms with E-state index in [4.69, 9.17) is 5.26 Å². The number of rotatable bonds is 3. The first kappa shape index (κ1) is 12.3. The lowest BCUT2D eigenvalue weighted by atomic mass is 10.1. The van der Waals surface area contributed by atoms with E-state index in [1.54, 1.807) is 0 Å². The van der Waals surface area contributed by atoms with Crippen LogP contribution in [0.25, 0.3) is 0 Å². The van der Waals surface area contributed by atoms with Gasteiger partial charge in [-0.15, -0.1) is 0 Å². The van der Waals surface area contributed by atoms with Crippen LogP contribution in [0.4, 0.5) is 5.13 Å². The zero-order chi connectivity index (χ0) is 13.0. The number of nitrogens with zero attached hydrogens (tertiary/aromatic N) is 2. The number of hydrogen-bond donors (Lipinski definition) is 1. The minimum Gasteiger partial charge on any atom is -0.302 e. The second kappa shape index (κ2) is 5.43. The summed E-state index contributed by atoms with van der Waals surface area (Å²) in [7, 11) is 0. The largest absolute Gasteiger partial charge is 0.302 e. The molecule has 0 spiro atoms. The zero-order valence-electron chi connectivity index (χ0n) is 9.80. The molecule has 0 aliphatic heterocycles. The smallest absolute Gasteiger partial charge is 0.230 e. The molecule has 0 radical (unpaired) electrons. The molecule has 1 aromatic carbocycles. The first-order chi connectivity index (χ1) is 8.67. The van der Waals surface area contributed by atoms with Crippen LogP contribution >= 0.6 is 11.3 Å². The van der Waals surface area contributed by atoms with Crippen LogP contribution in [0.5, 0.6) is 0 Å². The van der Waals surface area contributed by atoms with Gasteiger partial charge in [0.2, 0.25) is 5.91 Å². The van der Waals surface area contributed by atoms with E-state index in [2.05, 4.69) is 10.3 Å². The molecular weight excluding hydrogens is 246 g/mol. The van der Waals surface area contributed by atoms with E-state index < -0.39 is 0 Å². The second-order valence-corrected chi connectivity index (χ2v) is 4.89. The topological polar surface area (TPSA) is 65.8 Å². The Balaban J connectivity index is 1.99. The van der Waals surface area contributed by atoms with Crippen molar-refractivity contribution < 1.29 is 4.79 Å². The Morgan fingerprint density at radius 1 is 1.56 bits per heavy atom. The lowest BCUT2D eigenvalue weighted by Gasteiger charge is -2.02. The Labute approximate surface area is 109 Å². The van der Waals surface area contributed by atoms with Gasteiger partial charge in [0.05, 0.1) is 12.6 Å². The highest BCUT2D eigenvalue weighted by Crippen LogP contribution is 2.17. The van der Waals surface area contributed by atoms with Crippen molar-refractivity contribution in [1.82, 2.24) is 4.98 Å². The Kier molecular flexibility index (Phi) is 3.70. The van der Waals surface area contributed by atoms with Crippen molar-refractivity contribution in [3.63, 3.8) is 0 Å². The molecule has 0 fully saturated rings. The molecule has 1 N–H and O–H groups in total. The molecule has 0 saturated carbocycles. The molecule has 0 aliphatic rings. The summed E-state index contributed by atoms with van der Waals surface area (Å²) in [6.07, 6.45) is 1.76. The number of nitrogens with one attached hydrogen (secondary N) is 1. The maximum atomic E-state index is 11.8. The van der Waals surface area contributed by atoms with Gasteiger partial charge in [0, 0.05) is 0 Å². The van der Waals surface area contributed by atoms with Gasteiger partial charge in [0.1, 0.15) is 10.9 Å². The first-order valence-electron chi connectivity index (χ1n) is 5.38. The summed E-state index contributed by atoms with van der Waals surface area (Å²) in [5, 5.41) is 11.8. The molecule has 0 saturated heterocycles. The Bertz CT molecular complexity index is 613. The summed E-state index contributed by atoms with van der Waals surface area (Å²) in [5.41, 5.74) is 2.09. The van der Waals surface area contributed by atoms with Crippen molar-refractivity contribution in [2.45, 2.75) is 13.3 Å². The van der Waals surface area contributed by atoms with Gasteiger partial charge in [-0.05, 0) is 12.5 Å². The van der Waals surface area contributed by atoms with Crippen LogP contribution in [-0.4, -0.2) is 10.9 Å². The number of amides is 1. The van der Waals surface area contributed by atoms with Gasteiger partial charge < -0.3 is 5.32 Å². The van der Waals surface area contributed by atoms with E-state index in [0.29, 0.717) is 16.4 Å². The summed E-state index contributed by atoms with van der Waals surface area (Å²) in [5.74, 6) is -0.126. The van der Waals surface area contributed by atoms with Gasteiger partial charge in [-0.2, -0.15) is 5.26 Å². The average Bonchev–Trinajstić information content (AvgIpc) is 2.76. The van der Waals surface area contributed by atoms with E-state index in [-0.39, 0.29) is 5.91 Å². The SMILES string of the molecule is Cc1cccc(CC(=O)Nc2ncc(C#N)s2)c1. The number of anilines is 1. The molecule has 1 amide bonds. The van der Waals surface area contributed by atoms with Crippen LogP contribution in [0.15, 0.2) is 30.5 Å². The molecule has 1 heterocycles. The summed E-state index contributed by atoms with van der Waals surface area (Å²) < 4.78 is 0. The highest BCUT2D eigenvalue weighted by atomic mass is 32.1. The molecule has 4 nitrogen and oxygen atoms in total. The van der Waals surface area contributed by atoms with Crippen LogP contribution in [0.2, 0.25) is 0 Å². The van der Waals surface area contributed by atoms with Gasteiger partial charge in [-0.25, -0.2) is 4.98 Å². The molecule has 2 aromatic rings. The fourth-order valence-electron chi connectivity index (χ4n) is 1.55. The number of thiazole rings is 1. The monoisotopic (exact) mass is 257 g/mol. The molecule has 0 unspecified atom stereocenters. The fraction of sp³-hybridized carbons (Fsp3) is 0.154. The van der Waals surface area contributed by atoms with Crippen molar-refractivity contribution in [1.29, 1.82) is 5.26 Å². The van der Waals surface area contributed by atoms with E-state index in [1.165, 1.54) is 17.5 Å². The lowest BCUT2D eigenvalue weighted by molar-refractivity contribution is -0.115. The summed E-state index contributed by atoms with van der Waals surface area (Å²) in [6.45, 7) is 1.99. The third-order valence-corrected chi connectivity index (χ3v) is 3.13. The van der Waals surface area contributed by atoms with E-state index in [0.717, 1.165) is 11.1 Å². The molecule has 5 heteroatoms. The number of carbonyl (C=O) groups excluding carboxylic acids is 1. The molecule has 1 aromatic heterocycles. The van der Waals surface area contributed by atoms with Crippen molar-refractivity contribution in [2.75, 3.05) is 5.32 Å². The number of aromatic nitrogens is 1. The maximum Gasteiger partial charge on any atom is 0.230 e. The van der Waals surface area contributed by atoms with Crippen molar-refractivity contribution in [3.05, 3.63) is 46.5 Å². The van der Waals surface area contributed by atoms with Crippen molar-refractivity contribution in [3.8, 4) is 6.07 Å². The second-order valence-electron chi connectivity index (χ2n) is 3.86. The number of aryl methyl sites for hydroxylation is 1.